The summed E-state index contributed by atoms with van der Waals surface area (Å²) in [5.74, 6) is -2.55. The van der Waals surface area contributed by atoms with Gasteiger partial charge in [-0.15, -0.1) is 0 Å². The van der Waals surface area contributed by atoms with E-state index in [1.54, 1.807) is 0 Å². The largest absolute Gasteiger partial charge is 0.243 e. The summed E-state index contributed by atoms with van der Waals surface area (Å²) in [4.78, 5) is -0.404. The number of nitrogens with zero attached hydrogens (tertiary/aromatic N) is 2. The molecule has 0 radical (unpaired) electrons. The second kappa shape index (κ2) is 8.63. The number of sulfonamides is 2. The molecule has 5 rings (SSSR count). The molecule has 3 aliphatic heterocycles. The predicted octanol–water partition coefficient (Wildman–Crippen LogP) is 1.02. The van der Waals surface area contributed by atoms with Crippen molar-refractivity contribution in [2.75, 3.05) is 23.0 Å². The average molecular weight is 616 g/mol. The van der Waals surface area contributed by atoms with Gasteiger partial charge < -0.3 is 0 Å². The highest BCUT2D eigenvalue weighted by Gasteiger charge is 2.63. The van der Waals surface area contributed by atoms with Crippen LogP contribution in [0.5, 0.6) is 0 Å². The highest BCUT2D eigenvalue weighted by molar-refractivity contribution is 7.93. The third-order valence-electron chi connectivity index (χ3n) is 6.67. The number of hydrogen-bond donors (Lipinski definition) is 0. The van der Waals surface area contributed by atoms with E-state index in [-0.39, 0.29) is 19.8 Å². The van der Waals surface area contributed by atoms with Gasteiger partial charge in [-0.1, -0.05) is 23.2 Å². The number of sulfone groups is 2. The van der Waals surface area contributed by atoms with Crippen molar-refractivity contribution < 1.29 is 33.7 Å². The molecule has 0 unspecified atom stereocenters. The minimum Gasteiger partial charge on any atom is -0.229 e. The molecule has 16 heteroatoms. The second-order valence-corrected chi connectivity index (χ2v) is 17.9. The van der Waals surface area contributed by atoms with Crippen LogP contribution in [0.4, 0.5) is 0 Å². The number of piperazine rings is 1. The number of rotatable bonds is 4. The topological polar surface area (TPSA) is 143 Å². The highest BCUT2D eigenvalue weighted by Crippen LogP contribution is 2.43. The second-order valence-electron chi connectivity index (χ2n) is 9.00. The van der Waals surface area contributed by atoms with Crippen LogP contribution in [0, 0.1) is 0 Å². The molecule has 3 saturated heterocycles. The van der Waals surface area contributed by atoms with Gasteiger partial charge in [-0.05, 0) is 48.5 Å². The molecule has 4 atom stereocenters. The summed E-state index contributed by atoms with van der Waals surface area (Å²) in [5.41, 5.74) is 0. The third-order valence-corrected chi connectivity index (χ3v) is 14.5. The quantitative estimate of drug-likeness (QED) is 0.496. The fourth-order valence-corrected chi connectivity index (χ4v) is 13.5. The standard InChI is InChI=1S/C20H20Cl2N2O8S4/c21-13-1-5-15(6-2-13)35(29,30)23-17-9-33(25,26)11-19(17)24(20-12-34(27,28)10-18(20)23)36(31,32)16-7-3-14(22)4-8-16/h1-8,17-20H,9-12H2/t17-,18-,19+,20+. The number of benzene rings is 2. The van der Waals surface area contributed by atoms with E-state index in [4.69, 9.17) is 23.2 Å². The minimum absolute atomic E-state index is 0.202. The minimum atomic E-state index is -4.42. The van der Waals surface area contributed by atoms with E-state index < -0.39 is 86.9 Å². The normalized spacial score (nSPS) is 30.1. The smallest absolute Gasteiger partial charge is 0.229 e. The monoisotopic (exact) mass is 614 g/mol. The first-order valence-corrected chi connectivity index (χ1v) is 17.9. The van der Waals surface area contributed by atoms with E-state index in [1.807, 2.05) is 0 Å². The Labute approximate surface area is 219 Å². The van der Waals surface area contributed by atoms with Gasteiger partial charge in [0.15, 0.2) is 19.7 Å². The van der Waals surface area contributed by atoms with Crippen molar-refractivity contribution in [1.82, 2.24) is 8.61 Å². The highest BCUT2D eigenvalue weighted by atomic mass is 35.5. The lowest BCUT2D eigenvalue weighted by Gasteiger charge is -2.48. The number of halogens is 2. The van der Waals surface area contributed by atoms with E-state index in [2.05, 4.69) is 0 Å². The van der Waals surface area contributed by atoms with Crippen LogP contribution in [0.3, 0.4) is 0 Å². The predicted molar refractivity (Wildman–Crippen MR) is 133 cm³/mol. The lowest BCUT2D eigenvalue weighted by Crippen LogP contribution is -2.69. The molecule has 3 aliphatic rings. The van der Waals surface area contributed by atoms with Crippen molar-refractivity contribution >= 4 is 62.9 Å². The van der Waals surface area contributed by atoms with Crippen molar-refractivity contribution in [3.63, 3.8) is 0 Å². The number of fused-ring (bicyclic) bond motifs is 2. The third kappa shape index (κ3) is 4.38. The molecule has 0 aromatic heterocycles. The first-order valence-electron chi connectivity index (χ1n) is 10.6. The van der Waals surface area contributed by atoms with Gasteiger partial charge in [-0.2, -0.15) is 8.61 Å². The van der Waals surface area contributed by atoms with Gasteiger partial charge in [-0.25, -0.2) is 33.7 Å². The Kier molecular flexibility index (Phi) is 6.32. The van der Waals surface area contributed by atoms with Crippen LogP contribution in [-0.2, 0) is 39.7 Å². The summed E-state index contributed by atoms with van der Waals surface area (Å²) in [6.07, 6.45) is 0. The summed E-state index contributed by atoms with van der Waals surface area (Å²) in [5, 5.41) is 0.547. The summed E-state index contributed by atoms with van der Waals surface area (Å²) in [6, 6.07) is 5.11. The van der Waals surface area contributed by atoms with Gasteiger partial charge in [0.1, 0.15) is 0 Å². The maximum atomic E-state index is 13.8. The molecule has 0 N–H and O–H groups in total. The average Bonchev–Trinajstić information content (AvgIpc) is 3.24. The fourth-order valence-electron chi connectivity index (χ4n) is 5.25. The van der Waals surface area contributed by atoms with Gasteiger partial charge in [0.05, 0.1) is 57.0 Å². The Hall–Kier alpha value is -1.26. The molecule has 36 heavy (non-hydrogen) atoms. The zero-order chi connectivity index (χ0) is 26.3. The summed E-state index contributed by atoms with van der Waals surface area (Å²) >= 11 is 11.8. The van der Waals surface area contributed by atoms with E-state index in [1.165, 1.54) is 48.5 Å². The van der Waals surface area contributed by atoms with Crippen molar-refractivity contribution in [2.24, 2.45) is 0 Å². The Morgan fingerprint density at radius 2 is 0.806 bits per heavy atom. The maximum Gasteiger partial charge on any atom is 0.243 e. The first kappa shape index (κ1) is 26.4. The van der Waals surface area contributed by atoms with Crippen LogP contribution < -0.4 is 0 Å². The van der Waals surface area contributed by atoms with Crippen molar-refractivity contribution in [1.29, 1.82) is 0 Å². The molecule has 196 valence electrons. The van der Waals surface area contributed by atoms with Crippen molar-refractivity contribution in [3.05, 3.63) is 58.6 Å². The van der Waals surface area contributed by atoms with Crippen LogP contribution in [0.15, 0.2) is 58.3 Å². The maximum absolute atomic E-state index is 13.8. The first-order chi connectivity index (χ1) is 16.6. The van der Waals surface area contributed by atoms with Gasteiger partial charge in [0, 0.05) is 10.0 Å². The molecule has 2 aromatic rings. The molecule has 0 amide bonds. The lowest BCUT2D eigenvalue weighted by atomic mass is 10.0. The lowest BCUT2D eigenvalue weighted by molar-refractivity contribution is 0.0841. The SMILES string of the molecule is O=S1(=O)C[C@@H]2[C@H](C1)N(S(=O)(=O)c1ccc(Cl)cc1)[C@H]1CS(=O)(=O)C[C@H]1N2S(=O)(=O)c1ccc(Cl)cc1. The molecular weight excluding hydrogens is 595 g/mol. The van der Waals surface area contributed by atoms with Crippen LogP contribution >= 0.6 is 23.2 Å². The van der Waals surface area contributed by atoms with Crippen molar-refractivity contribution in [3.8, 4) is 0 Å². The Bertz CT molecular complexity index is 1480. The molecule has 2 aromatic carbocycles. The van der Waals surface area contributed by atoms with Crippen molar-refractivity contribution in [2.45, 2.75) is 34.0 Å². The van der Waals surface area contributed by atoms with Crippen LogP contribution in [0.25, 0.3) is 0 Å². The van der Waals surface area contributed by atoms with Crippen LogP contribution in [0.2, 0.25) is 10.0 Å². The molecule has 0 aliphatic carbocycles. The molecular formula is C20H20Cl2N2O8S4. The van der Waals surface area contributed by atoms with E-state index in [0.717, 1.165) is 8.61 Å². The molecule has 3 heterocycles. The summed E-state index contributed by atoms with van der Waals surface area (Å²) in [6.45, 7) is 0. The Morgan fingerprint density at radius 1 is 0.556 bits per heavy atom. The zero-order valence-corrected chi connectivity index (χ0v) is 23.1. The van der Waals surface area contributed by atoms with Crippen LogP contribution in [0.1, 0.15) is 0 Å². The van der Waals surface area contributed by atoms with Gasteiger partial charge in [0.25, 0.3) is 0 Å². The van der Waals surface area contributed by atoms with E-state index in [9.17, 15) is 33.7 Å². The van der Waals surface area contributed by atoms with E-state index in [0.29, 0.717) is 0 Å². The van der Waals surface area contributed by atoms with E-state index >= 15 is 0 Å². The Morgan fingerprint density at radius 3 is 1.06 bits per heavy atom. The summed E-state index contributed by atoms with van der Waals surface area (Å²) in [7, 11) is -16.6. The van der Waals surface area contributed by atoms with Gasteiger partial charge in [0.2, 0.25) is 20.0 Å². The van der Waals surface area contributed by atoms with Crippen LogP contribution in [-0.4, -0.2) is 89.5 Å². The molecule has 10 nitrogen and oxygen atoms in total. The van der Waals surface area contributed by atoms with Gasteiger partial charge in [-0.3, -0.25) is 0 Å². The zero-order valence-electron chi connectivity index (χ0n) is 18.3. The molecule has 0 spiro atoms. The molecule has 0 bridgehead atoms. The Balaban J connectivity index is 1.70. The van der Waals surface area contributed by atoms with Gasteiger partial charge >= 0.3 is 0 Å². The fraction of sp³-hybridized carbons (Fsp3) is 0.400. The molecule has 3 fully saturated rings. The number of hydrogen-bond acceptors (Lipinski definition) is 8. The summed E-state index contributed by atoms with van der Waals surface area (Å²) < 4.78 is 108. The molecule has 0 saturated carbocycles.